The molecule has 4 rings (SSSR count). The first kappa shape index (κ1) is 24.3. The van der Waals surface area contributed by atoms with Gasteiger partial charge in [-0.25, -0.2) is 24.4 Å². The van der Waals surface area contributed by atoms with Gasteiger partial charge in [-0.3, -0.25) is 4.79 Å². The summed E-state index contributed by atoms with van der Waals surface area (Å²) in [6, 6.07) is 16.7. The minimum atomic E-state index is -2.01. The van der Waals surface area contributed by atoms with Crippen molar-refractivity contribution in [2.24, 2.45) is 9.98 Å². The fourth-order valence-corrected chi connectivity index (χ4v) is 3.70. The molecular formula is C25H16ClN3O7. The number of halogens is 1. The topological polar surface area (TPSA) is 166 Å². The number of nitrogens with zero attached hydrogens (tertiary/aromatic N) is 2. The summed E-state index contributed by atoms with van der Waals surface area (Å²) in [5.74, 6) is -3.14. The van der Waals surface area contributed by atoms with E-state index in [1.165, 1.54) is 72.8 Å². The van der Waals surface area contributed by atoms with Crippen LogP contribution in [0.4, 0.5) is 0 Å². The van der Waals surface area contributed by atoms with Gasteiger partial charge in [0.1, 0.15) is 11.7 Å². The van der Waals surface area contributed by atoms with Gasteiger partial charge >= 0.3 is 17.9 Å². The molecule has 0 amide bonds. The van der Waals surface area contributed by atoms with Crippen LogP contribution in [0.1, 0.15) is 47.8 Å². The number of carbonyl (C=O) groups is 4. The summed E-state index contributed by atoms with van der Waals surface area (Å²) in [7, 11) is 0. The summed E-state index contributed by atoms with van der Waals surface area (Å²) in [6.45, 7) is 0. The van der Waals surface area contributed by atoms with Crippen LogP contribution in [0.5, 0.6) is 0 Å². The van der Waals surface area contributed by atoms with Gasteiger partial charge in [0.25, 0.3) is 10.9 Å². The number of hydrogen-bond donors (Lipinski definition) is 4. The van der Waals surface area contributed by atoms with Crippen molar-refractivity contribution >= 4 is 46.4 Å². The fourth-order valence-electron chi connectivity index (χ4n) is 3.51. The van der Waals surface area contributed by atoms with Crippen LogP contribution in [0.15, 0.2) is 82.8 Å². The molecule has 0 radical (unpaired) electrons. The normalized spacial score (nSPS) is 14.1. The lowest BCUT2D eigenvalue weighted by Gasteiger charge is -2.30. The lowest BCUT2D eigenvalue weighted by Crippen LogP contribution is -2.44. The third-order valence-electron chi connectivity index (χ3n) is 5.40. The number of rotatable bonds is 7. The smallest absolute Gasteiger partial charge is 0.335 e. The Hall–Kier alpha value is -4.83. The molecule has 3 aromatic rings. The molecule has 11 heteroatoms. The number of hydrogen-bond acceptors (Lipinski definition) is 7. The van der Waals surface area contributed by atoms with E-state index in [0.29, 0.717) is 11.1 Å². The molecule has 0 bridgehead atoms. The van der Waals surface area contributed by atoms with Crippen LogP contribution in [-0.4, -0.2) is 50.1 Å². The molecule has 0 atom stereocenters. The van der Waals surface area contributed by atoms with Gasteiger partial charge < -0.3 is 20.6 Å². The number of carboxylic acid groups (broad SMARTS) is 3. The van der Waals surface area contributed by atoms with Gasteiger partial charge in [-0.15, -0.1) is 0 Å². The summed E-state index contributed by atoms with van der Waals surface area (Å²) in [5, 5.41) is 29.6. The Kier molecular flexibility index (Phi) is 6.37. The van der Waals surface area contributed by atoms with E-state index >= 15 is 0 Å². The van der Waals surface area contributed by atoms with Crippen molar-refractivity contribution in [3.05, 3.63) is 106 Å². The SMILES string of the molecule is O=C(O)c1ccc(C2=NC(C(=O)Cl)(c3ccc(C(=O)O)cc3)N=C(c3ccc(C(=O)O)cc3)N2)cc1. The second kappa shape index (κ2) is 9.43. The van der Waals surface area contributed by atoms with E-state index in [0.717, 1.165) is 0 Å². The quantitative estimate of drug-likeness (QED) is 0.355. The molecular weight excluding hydrogens is 490 g/mol. The van der Waals surface area contributed by atoms with Gasteiger partial charge in [-0.2, -0.15) is 0 Å². The van der Waals surface area contributed by atoms with E-state index in [1.54, 1.807) is 0 Å². The van der Waals surface area contributed by atoms with Gasteiger partial charge in [0, 0.05) is 16.7 Å². The maximum atomic E-state index is 12.8. The van der Waals surface area contributed by atoms with Gasteiger partial charge in [0.2, 0.25) is 0 Å². The highest BCUT2D eigenvalue weighted by molar-refractivity contribution is 6.65. The molecule has 1 aliphatic rings. The second-order valence-corrected chi connectivity index (χ2v) is 7.98. The molecule has 0 unspecified atom stereocenters. The van der Waals surface area contributed by atoms with E-state index in [2.05, 4.69) is 15.3 Å². The minimum absolute atomic E-state index is 0.0215. The Balaban J connectivity index is 1.90. The summed E-state index contributed by atoms with van der Waals surface area (Å²) >= 11 is 6.04. The van der Waals surface area contributed by atoms with Crippen LogP contribution in [0.3, 0.4) is 0 Å². The van der Waals surface area contributed by atoms with Crippen LogP contribution in [0.2, 0.25) is 0 Å². The van der Waals surface area contributed by atoms with Crippen molar-refractivity contribution < 1.29 is 34.5 Å². The minimum Gasteiger partial charge on any atom is -0.478 e. The zero-order valence-electron chi connectivity index (χ0n) is 18.2. The predicted octanol–water partition coefficient (Wildman–Crippen LogP) is 3.20. The maximum absolute atomic E-state index is 12.8. The highest BCUT2D eigenvalue weighted by atomic mass is 35.5. The molecule has 4 N–H and O–H groups in total. The molecule has 1 heterocycles. The van der Waals surface area contributed by atoms with E-state index in [-0.39, 0.29) is 33.9 Å². The van der Waals surface area contributed by atoms with Gasteiger partial charge in [0.05, 0.1) is 16.7 Å². The average Bonchev–Trinajstić information content (AvgIpc) is 2.88. The Morgan fingerprint density at radius 3 is 1.25 bits per heavy atom. The highest BCUT2D eigenvalue weighted by Gasteiger charge is 2.42. The first-order chi connectivity index (χ1) is 17.1. The van der Waals surface area contributed by atoms with Crippen LogP contribution in [0, 0.1) is 0 Å². The molecule has 0 saturated carbocycles. The number of nitrogens with one attached hydrogen (secondary N) is 1. The molecule has 180 valence electrons. The third kappa shape index (κ3) is 4.57. The second-order valence-electron chi connectivity index (χ2n) is 7.64. The highest BCUT2D eigenvalue weighted by Crippen LogP contribution is 2.34. The average molecular weight is 506 g/mol. The van der Waals surface area contributed by atoms with Gasteiger partial charge in [0.15, 0.2) is 0 Å². The Morgan fingerprint density at radius 2 is 0.944 bits per heavy atom. The number of carboxylic acids is 3. The van der Waals surface area contributed by atoms with Crippen molar-refractivity contribution in [1.29, 1.82) is 0 Å². The molecule has 0 aliphatic carbocycles. The van der Waals surface area contributed by atoms with Crippen LogP contribution in [0.25, 0.3) is 0 Å². The van der Waals surface area contributed by atoms with Crippen LogP contribution in [-0.2, 0) is 10.5 Å². The number of carbonyl (C=O) groups excluding carboxylic acids is 1. The van der Waals surface area contributed by atoms with Crippen molar-refractivity contribution in [1.82, 2.24) is 5.32 Å². The Labute approximate surface area is 208 Å². The largest absolute Gasteiger partial charge is 0.478 e. The lowest BCUT2D eigenvalue weighted by molar-refractivity contribution is -0.116. The molecule has 36 heavy (non-hydrogen) atoms. The number of aromatic carboxylic acids is 3. The first-order valence-electron chi connectivity index (χ1n) is 10.3. The maximum Gasteiger partial charge on any atom is 0.335 e. The first-order valence-corrected chi connectivity index (χ1v) is 10.7. The number of amidine groups is 2. The predicted molar refractivity (Wildman–Crippen MR) is 129 cm³/mol. The summed E-state index contributed by atoms with van der Waals surface area (Å²) in [4.78, 5) is 55.5. The Bertz CT molecular complexity index is 1370. The molecule has 1 aliphatic heterocycles. The molecule has 0 aromatic heterocycles. The van der Waals surface area contributed by atoms with Gasteiger partial charge in [-0.1, -0.05) is 36.4 Å². The van der Waals surface area contributed by atoms with Crippen molar-refractivity contribution in [2.45, 2.75) is 5.66 Å². The monoisotopic (exact) mass is 505 g/mol. The van der Waals surface area contributed by atoms with E-state index in [1.807, 2.05) is 0 Å². The number of benzene rings is 3. The van der Waals surface area contributed by atoms with Gasteiger partial charge in [-0.05, 0) is 48.0 Å². The summed E-state index contributed by atoms with van der Waals surface area (Å²) < 4.78 is 0. The number of aliphatic imine (C=N–C) groups is 2. The molecule has 10 nitrogen and oxygen atoms in total. The van der Waals surface area contributed by atoms with E-state index < -0.39 is 28.8 Å². The van der Waals surface area contributed by atoms with E-state index in [4.69, 9.17) is 11.6 Å². The Morgan fingerprint density at radius 1 is 0.611 bits per heavy atom. The third-order valence-corrected chi connectivity index (χ3v) is 5.67. The van der Waals surface area contributed by atoms with Crippen LogP contribution >= 0.6 is 11.6 Å². The molecule has 0 saturated heterocycles. The fraction of sp³-hybridized carbons (Fsp3) is 0.0400. The molecule has 0 spiro atoms. The standard InChI is InChI=1S/C25H16ClN3O7/c26-24(36)25(18-11-9-17(10-12-18)23(34)35)28-19(13-1-5-15(6-2-13)21(30)31)27-20(29-25)14-3-7-16(8-4-14)22(32)33/h1-12H,(H,30,31)(H,32,33)(H,34,35)(H,27,28,29). The van der Waals surface area contributed by atoms with Crippen molar-refractivity contribution in [3.8, 4) is 0 Å². The lowest BCUT2D eigenvalue weighted by atomic mass is 9.98. The zero-order chi connectivity index (χ0) is 26.0. The van der Waals surface area contributed by atoms with Crippen molar-refractivity contribution in [3.63, 3.8) is 0 Å². The van der Waals surface area contributed by atoms with Crippen molar-refractivity contribution in [2.75, 3.05) is 0 Å². The summed E-state index contributed by atoms with van der Waals surface area (Å²) in [5.41, 5.74) is -0.932. The molecule has 3 aromatic carbocycles. The summed E-state index contributed by atoms with van der Waals surface area (Å²) in [6.07, 6.45) is 0. The van der Waals surface area contributed by atoms with Crippen LogP contribution < -0.4 is 5.32 Å². The zero-order valence-corrected chi connectivity index (χ0v) is 18.9. The van der Waals surface area contributed by atoms with E-state index in [9.17, 15) is 34.5 Å². The molecule has 0 fully saturated rings.